The molecule has 0 spiro atoms. The molecule has 1 heterocycles. The number of likely N-dealkylation sites (tertiary alicyclic amines) is 1. The lowest BCUT2D eigenvalue weighted by atomic mass is 10.1. The zero-order valence-corrected chi connectivity index (χ0v) is 12.4. The van der Waals surface area contributed by atoms with E-state index in [0.29, 0.717) is 28.1 Å². The molecule has 2 rings (SSSR count). The number of nitrogens with zero attached hydrogens (tertiary/aromatic N) is 1. The fraction of sp³-hybridized carbons (Fsp3) is 0.385. The highest BCUT2D eigenvalue weighted by molar-refractivity contribution is 9.10. The molecule has 0 radical (unpaired) electrons. The van der Waals surface area contributed by atoms with E-state index in [0.717, 1.165) is 6.42 Å². The number of carboxylic acid groups (broad SMARTS) is 1. The smallest absolute Gasteiger partial charge is 0.303 e. The number of aliphatic carboxylic acids is 1. The third-order valence-corrected chi connectivity index (χ3v) is 4.51. The van der Waals surface area contributed by atoms with Gasteiger partial charge in [-0.25, -0.2) is 0 Å². The molecule has 1 aliphatic rings. The maximum atomic E-state index is 12.3. The van der Waals surface area contributed by atoms with Crippen molar-refractivity contribution in [2.45, 2.75) is 12.8 Å². The molecule has 0 aromatic heterocycles. The molecule has 19 heavy (non-hydrogen) atoms. The third-order valence-electron chi connectivity index (χ3n) is 3.22. The number of carbonyl (C=O) groups excluding carboxylic acids is 1. The van der Waals surface area contributed by atoms with Gasteiger partial charge in [-0.2, -0.15) is 0 Å². The molecule has 1 atom stereocenters. The molecule has 6 heteroatoms. The first-order valence-electron chi connectivity index (χ1n) is 5.94. The second-order valence-electron chi connectivity index (χ2n) is 4.61. The van der Waals surface area contributed by atoms with Crippen molar-refractivity contribution in [2.24, 2.45) is 5.92 Å². The summed E-state index contributed by atoms with van der Waals surface area (Å²) < 4.78 is 0.682. The fourth-order valence-corrected chi connectivity index (χ4v) is 2.84. The molecule has 0 aliphatic carbocycles. The first-order chi connectivity index (χ1) is 8.99. The van der Waals surface area contributed by atoms with Gasteiger partial charge in [0.15, 0.2) is 0 Å². The first kappa shape index (κ1) is 14.3. The molecule has 4 nitrogen and oxygen atoms in total. The van der Waals surface area contributed by atoms with E-state index >= 15 is 0 Å². The number of benzene rings is 1. The van der Waals surface area contributed by atoms with Gasteiger partial charge in [-0.1, -0.05) is 17.7 Å². The topological polar surface area (TPSA) is 57.6 Å². The minimum atomic E-state index is -0.820. The Morgan fingerprint density at radius 1 is 1.47 bits per heavy atom. The van der Waals surface area contributed by atoms with Crippen molar-refractivity contribution in [1.29, 1.82) is 0 Å². The summed E-state index contributed by atoms with van der Waals surface area (Å²) in [5.74, 6) is -0.925. The lowest BCUT2D eigenvalue weighted by molar-refractivity contribution is -0.138. The molecule has 102 valence electrons. The van der Waals surface area contributed by atoms with Gasteiger partial charge in [0.2, 0.25) is 0 Å². The minimum absolute atomic E-state index is 0.0346. The zero-order chi connectivity index (χ0) is 14.0. The van der Waals surface area contributed by atoms with Crippen LogP contribution in [0.4, 0.5) is 0 Å². The van der Waals surface area contributed by atoms with E-state index in [2.05, 4.69) is 15.9 Å². The summed E-state index contributed by atoms with van der Waals surface area (Å²) in [6, 6.07) is 5.21. The standard InChI is InChI=1S/C13H13BrClNO3/c14-10-3-1-2-9(12(10)15)13(19)16-5-4-8(7-16)6-11(17)18/h1-3,8H,4-7H2,(H,17,18). The average Bonchev–Trinajstić information content (AvgIpc) is 2.79. The molecule has 1 unspecified atom stereocenters. The van der Waals surface area contributed by atoms with Crippen molar-refractivity contribution in [3.8, 4) is 0 Å². The number of halogens is 2. The second-order valence-corrected chi connectivity index (χ2v) is 5.84. The number of carbonyl (C=O) groups is 2. The van der Waals surface area contributed by atoms with Crippen molar-refractivity contribution in [3.63, 3.8) is 0 Å². The van der Waals surface area contributed by atoms with Crippen LogP contribution in [0.25, 0.3) is 0 Å². The lowest BCUT2D eigenvalue weighted by Gasteiger charge is -2.17. The van der Waals surface area contributed by atoms with Crippen molar-refractivity contribution < 1.29 is 14.7 Å². The number of hydrogen-bond acceptors (Lipinski definition) is 2. The molecule has 1 aliphatic heterocycles. The summed E-state index contributed by atoms with van der Waals surface area (Å²) in [6.45, 7) is 1.06. The average molecular weight is 347 g/mol. The summed E-state index contributed by atoms with van der Waals surface area (Å²) in [7, 11) is 0. The Bertz CT molecular complexity index is 521. The highest BCUT2D eigenvalue weighted by Crippen LogP contribution is 2.29. The van der Waals surface area contributed by atoms with Gasteiger partial charge in [0.25, 0.3) is 5.91 Å². The third kappa shape index (κ3) is 3.28. The summed E-state index contributed by atoms with van der Waals surface area (Å²) in [6.07, 6.45) is 0.833. The van der Waals surface area contributed by atoms with Crippen molar-refractivity contribution in [1.82, 2.24) is 4.90 Å². The van der Waals surface area contributed by atoms with Crippen LogP contribution in [0.2, 0.25) is 5.02 Å². The maximum Gasteiger partial charge on any atom is 0.303 e. The Morgan fingerprint density at radius 2 is 2.21 bits per heavy atom. The number of rotatable bonds is 3. The van der Waals surface area contributed by atoms with Gasteiger partial charge in [0.1, 0.15) is 0 Å². The van der Waals surface area contributed by atoms with Crippen molar-refractivity contribution in [2.75, 3.05) is 13.1 Å². The van der Waals surface area contributed by atoms with E-state index in [1.54, 1.807) is 23.1 Å². The Morgan fingerprint density at radius 3 is 2.89 bits per heavy atom. The maximum absolute atomic E-state index is 12.3. The van der Waals surface area contributed by atoms with Crippen LogP contribution in [0, 0.1) is 5.92 Å². The molecular weight excluding hydrogens is 334 g/mol. The highest BCUT2D eigenvalue weighted by Gasteiger charge is 2.29. The molecule has 1 saturated heterocycles. The Balaban J connectivity index is 2.09. The molecular formula is C13H13BrClNO3. The van der Waals surface area contributed by atoms with Gasteiger partial charge in [0, 0.05) is 24.0 Å². The Kier molecular flexibility index (Phi) is 4.47. The quantitative estimate of drug-likeness (QED) is 0.915. The summed E-state index contributed by atoms with van der Waals surface area (Å²) in [5, 5.41) is 9.16. The van der Waals surface area contributed by atoms with E-state index in [-0.39, 0.29) is 18.2 Å². The van der Waals surface area contributed by atoms with Crippen LogP contribution in [0.1, 0.15) is 23.2 Å². The highest BCUT2D eigenvalue weighted by atomic mass is 79.9. The van der Waals surface area contributed by atoms with Gasteiger partial charge < -0.3 is 10.0 Å². The van der Waals surface area contributed by atoms with Crippen LogP contribution in [-0.2, 0) is 4.79 Å². The van der Waals surface area contributed by atoms with Crippen LogP contribution >= 0.6 is 27.5 Å². The largest absolute Gasteiger partial charge is 0.481 e. The summed E-state index contributed by atoms with van der Waals surface area (Å²) in [5.41, 5.74) is 0.451. The monoisotopic (exact) mass is 345 g/mol. The van der Waals surface area contributed by atoms with Crippen molar-refractivity contribution in [3.05, 3.63) is 33.3 Å². The van der Waals surface area contributed by atoms with Crippen LogP contribution in [-0.4, -0.2) is 35.0 Å². The lowest BCUT2D eigenvalue weighted by Crippen LogP contribution is -2.29. The number of amides is 1. The zero-order valence-electron chi connectivity index (χ0n) is 10.1. The molecule has 0 bridgehead atoms. The number of hydrogen-bond donors (Lipinski definition) is 1. The van der Waals surface area contributed by atoms with E-state index in [1.165, 1.54) is 0 Å². The summed E-state index contributed by atoms with van der Waals surface area (Å²) in [4.78, 5) is 24.7. The Hall–Kier alpha value is -1.07. The SMILES string of the molecule is O=C(O)CC1CCN(C(=O)c2cccc(Br)c2Cl)C1. The van der Waals surface area contributed by atoms with Gasteiger partial charge in [-0.15, -0.1) is 0 Å². The molecule has 1 N–H and O–H groups in total. The second kappa shape index (κ2) is 5.92. The molecule has 1 amide bonds. The van der Waals surface area contributed by atoms with Crippen molar-refractivity contribution >= 4 is 39.4 Å². The van der Waals surface area contributed by atoms with Crippen LogP contribution in [0.5, 0.6) is 0 Å². The van der Waals surface area contributed by atoms with Gasteiger partial charge in [0.05, 0.1) is 10.6 Å². The van der Waals surface area contributed by atoms with E-state index in [1.807, 2.05) is 0 Å². The van der Waals surface area contributed by atoms with Crippen LogP contribution in [0.3, 0.4) is 0 Å². The van der Waals surface area contributed by atoms with Gasteiger partial charge in [-0.05, 0) is 40.4 Å². The van der Waals surface area contributed by atoms with Crippen LogP contribution in [0.15, 0.2) is 22.7 Å². The normalized spacial score (nSPS) is 18.6. The predicted molar refractivity (Wildman–Crippen MR) is 75.4 cm³/mol. The minimum Gasteiger partial charge on any atom is -0.481 e. The molecule has 1 aromatic carbocycles. The van der Waals surface area contributed by atoms with Gasteiger partial charge >= 0.3 is 5.97 Å². The van der Waals surface area contributed by atoms with Crippen LogP contribution < -0.4 is 0 Å². The predicted octanol–water partition coefficient (Wildman–Crippen LogP) is 3.04. The molecule has 0 saturated carbocycles. The van der Waals surface area contributed by atoms with E-state index < -0.39 is 5.97 Å². The van der Waals surface area contributed by atoms with E-state index in [9.17, 15) is 9.59 Å². The first-order valence-corrected chi connectivity index (χ1v) is 7.11. The number of carboxylic acids is 1. The van der Waals surface area contributed by atoms with E-state index in [4.69, 9.17) is 16.7 Å². The molecule has 1 aromatic rings. The Labute approximate surface area is 124 Å². The fourth-order valence-electron chi connectivity index (χ4n) is 2.27. The molecule has 1 fully saturated rings. The van der Waals surface area contributed by atoms with Gasteiger partial charge in [-0.3, -0.25) is 9.59 Å². The summed E-state index contributed by atoms with van der Waals surface area (Å²) >= 11 is 9.39.